The van der Waals surface area contributed by atoms with Gasteiger partial charge in [-0.25, -0.2) is 4.98 Å². The van der Waals surface area contributed by atoms with E-state index in [1.807, 2.05) is 5.32 Å². The van der Waals surface area contributed by atoms with Crippen LogP contribution < -0.4 is 5.32 Å². The van der Waals surface area contributed by atoms with Crippen molar-refractivity contribution >= 4 is 22.4 Å². The molecule has 0 aliphatic carbocycles. The van der Waals surface area contributed by atoms with Crippen molar-refractivity contribution in [1.82, 2.24) is 4.98 Å². The normalized spacial score (nSPS) is 12.2. The van der Waals surface area contributed by atoms with Gasteiger partial charge in [0.15, 0.2) is 5.13 Å². The third kappa shape index (κ3) is 5.52. The van der Waals surface area contributed by atoms with Gasteiger partial charge in [0.1, 0.15) is 6.42 Å². The first-order valence-corrected chi connectivity index (χ1v) is 7.32. The monoisotopic (exact) mass is 368 g/mol. The summed E-state index contributed by atoms with van der Waals surface area (Å²) in [6.45, 7) is 0. The Morgan fingerprint density at radius 3 is 2.25 bits per heavy atom. The Labute approximate surface area is 136 Å². The number of halogens is 6. The molecule has 0 aliphatic rings. The van der Waals surface area contributed by atoms with Crippen molar-refractivity contribution in [2.75, 3.05) is 5.32 Å². The molecule has 1 heterocycles. The summed E-state index contributed by atoms with van der Waals surface area (Å²) < 4.78 is 73.6. The fourth-order valence-electron chi connectivity index (χ4n) is 1.81. The zero-order chi connectivity index (χ0) is 18.0. The molecule has 0 saturated heterocycles. The van der Waals surface area contributed by atoms with Crippen LogP contribution in [0.15, 0.2) is 30.5 Å². The number of hydrogen-bond acceptors (Lipinski definition) is 3. The zero-order valence-corrected chi connectivity index (χ0v) is 12.6. The molecule has 1 N–H and O–H groups in total. The fraction of sp³-hybridized carbons (Fsp3) is 0.286. The third-order valence-electron chi connectivity index (χ3n) is 2.82. The van der Waals surface area contributed by atoms with Gasteiger partial charge in [-0.15, -0.1) is 11.3 Å². The summed E-state index contributed by atoms with van der Waals surface area (Å²) in [7, 11) is 0. The van der Waals surface area contributed by atoms with Crippen molar-refractivity contribution in [3.63, 3.8) is 0 Å². The smallest absolute Gasteiger partial charge is 0.302 e. The fourth-order valence-corrected chi connectivity index (χ4v) is 2.67. The Morgan fingerprint density at radius 1 is 1.08 bits per heavy atom. The number of amides is 1. The molecule has 0 atom stereocenters. The minimum atomic E-state index is -4.61. The molecule has 0 unspecified atom stereocenters. The number of nitrogens with zero attached hydrogens (tertiary/aromatic N) is 1. The molecule has 1 aromatic heterocycles. The van der Waals surface area contributed by atoms with Gasteiger partial charge in [0.05, 0.1) is 5.56 Å². The molecule has 0 saturated carbocycles. The van der Waals surface area contributed by atoms with Crippen LogP contribution in [0.3, 0.4) is 0 Å². The van der Waals surface area contributed by atoms with Gasteiger partial charge in [0.2, 0.25) is 5.91 Å². The molecule has 0 radical (unpaired) electrons. The predicted molar refractivity (Wildman–Crippen MR) is 75.7 cm³/mol. The molecule has 0 aliphatic heterocycles. The van der Waals surface area contributed by atoms with E-state index in [1.165, 1.54) is 18.3 Å². The molecule has 24 heavy (non-hydrogen) atoms. The van der Waals surface area contributed by atoms with E-state index in [-0.39, 0.29) is 11.6 Å². The predicted octanol–water partition coefficient (Wildman–Crippen LogP) is 4.64. The standard InChI is InChI=1S/C14H10F6N2OS/c15-13(16,17)6-11(23)22-12-21-7-10(24-12)5-8-1-3-9(4-2-8)14(18,19)20/h1-4,7H,5-6H2,(H,21,22,23). The number of rotatable bonds is 4. The maximum atomic E-state index is 12.5. The van der Waals surface area contributed by atoms with Crippen molar-refractivity contribution in [3.8, 4) is 0 Å². The molecule has 1 aromatic carbocycles. The number of thiazole rings is 1. The number of carbonyl (C=O) groups is 1. The average Bonchev–Trinajstić information content (AvgIpc) is 2.83. The number of hydrogen-bond donors (Lipinski definition) is 1. The Bertz CT molecular complexity index is 705. The number of aromatic nitrogens is 1. The summed E-state index contributed by atoms with van der Waals surface area (Å²) in [5.41, 5.74) is -0.185. The van der Waals surface area contributed by atoms with Crippen LogP contribution >= 0.6 is 11.3 Å². The minimum Gasteiger partial charge on any atom is -0.302 e. The van der Waals surface area contributed by atoms with E-state index >= 15 is 0 Å². The maximum Gasteiger partial charge on any atom is 0.416 e. The van der Waals surface area contributed by atoms with Gasteiger partial charge >= 0.3 is 12.4 Å². The number of alkyl halides is 6. The van der Waals surface area contributed by atoms with Crippen LogP contribution in [-0.2, 0) is 17.4 Å². The number of anilines is 1. The van der Waals surface area contributed by atoms with Crippen LogP contribution in [0, 0.1) is 0 Å². The van der Waals surface area contributed by atoms with Crippen LogP contribution in [0.2, 0.25) is 0 Å². The van der Waals surface area contributed by atoms with Gasteiger partial charge < -0.3 is 5.32 Å². The van der Waals surface area contributed by atoms with Gasteiger partial charge in [-0.05, 0) is 17.7 Å². The van der Waals surface area contributed by atoms with Crippen molar-refractivity contribution in [3.05, 3.63) is 46.5 Å². The Morgan fingerprint density at radius 2 is 1.71 bits per heavy atom. The molecule has 0 bridgehead atoms. The molecular weight excluding hydrogens is 358 g/mol. The van der Waals surface area contributed by atoms with E-state index in [1.54, 1.807) is 0 Å². The highest BCUT2D eigenvalue weighted by Gasteiger charge is 2.31. The van der Waals surface area contributed by atoms with E-state index in [2.05, 4.69) is 4.98 Å². The maximum absolute atomic E-state index is 12.5. The van der Waals surface area contributed by atoms with Gasteiger partial charge in [0, 0.05) is 17.5 Å². The van der Waals surface area contributed by atoms with Gasteiger partial charge in [-0.3, -0.25) is 4.79 Å². The minimum absolute atomic E-state index is 0.00571. The highest BCUT2D eigenvalue weighted by Crippen LogP contribution is 2.30. The van der Waals surface area contributed by atoms with Crippen molar-refractivity contribution in [1.29, 1.82) is 0 Å². The molecule has 2 rings (SSSR count). The molecular formula is C14H10F6N2OS. The van der Waals surface area contributed by atoms with Gasteiger partial charge in [-0.1, -0.05) is 12.1 Å². The molecule has 3 nitrogen and oxygen atoms in total. The molecule has 130 valence electrons. The number of benzene rings is 1. The lowest BCUT2D eigenvalue weighted by Gasteiger charge is -2.07. The van der Waals surface area contributed by atoms with Crippen molar-refractivity contribution in [2.24, 2.45) is 0 Å². The van der Waals surface area contributed by atoms with Gasteiger partial charge in [-0.2, -0.15) is 26.3 Å². The lowest BCUT2D eigenvalue weighted by molar-refractivity contribution is -0.150. The van der Waals surface area contributed by atoms with Crippen LogP contribution in [0.4, 0.5) is 31.5 Å². The van der Waals surface area contributed by atoms with Crippen molar-refractivity contribution < 1.29 is 31.1 Å². The second-order valence-corrected chi connectivity index (χ2v) is 5.96. The highest BCUT2D eigenvalue weighted by atomic mass is 32.1. The largest absolute Gasteiger partial charge is 0.416 e. The topological polar surface area (TPSA) is 42.0 Å². The molecule has 2 aromatic rings. The lowest BCUT2D eigenvalue weighted by Crippen LogP contribution is -2.20. The second-order valence-electron chi connectivity index (χ2n) is 4.84. The Kier molecular flexibility index (Phi) is 5.16. The Hall–Kier alpha value is -2.10. The number of nitrogens with one attached hydrogen (secondary N) is 1. The SMILES string of the molecule is O=C(CC(F)(F)F)Nc1ncc(Cc2ccc(C(F)(F)F)cc2)s1. The average molecular weight is 368 g/mol. The van der Waals surface area contributed by atoms with Gasteiger partial charge in [0.25, 0.3) is 0 Å². The van der Waals surface area contributed by atoms with Crippen LogP contribution in [-0.4, -0.2) is 17.1 Å². The van der Waals surface area contributed by atoms with E-state index in [0.29, 0.717) is 10.4 Å². The lowest BCUT2D eigenvalue weighted by atomic mass is 10.1. The molecule has 0 spiro atoms. The quantitative estimate of drug-likeness (QED) is 0.799. The summed E-state index contributed by atoms with van der Waals surface area (Å²) in [6.07, 6.45) is -9.03. The van der Waals surface area contributed by atoms with Crippen molar-refractivity contribution in [2.45, 2.75) is 25.2 Å². The first-order chi connectivity index (χ1) is 11.0. The van der Waals surface area contributed by atoms with Crippen LogP contribution in [0.5, 0.6) is 0 Å². The van der Waals surface area contributed by atoms with E-state index in [0.717, 1.165) is 23.5 Å². The van der Waals surface area contributed by atoms with E-state index in [9.17, 15) is 31.1 Å². The highest BCUT2D eigenvalue weighted by molar-refractivity contribution is 7.15. The second kappa shape index (κ2) is 6.80. The summed E-state index contributed by atoms with van der Waals surface area (Å²) in [5.74, 6) is -1.22. The van der Waals surface area contributed by atoms with E-state index in [4.69, 9.17) is 0 Å². The first kappa shape index (κ1) is 18.2. The summed E-state index contributed by atoms with van der Waals surface area (Å²) in [5, 5.41) is 2.04. The molecule has 1 amide bonds. The third-order valence-corrected chi connectivity index (χ3v) is 3.73. The van der Waals surface area contributed by atoms with E-state index < -0.39 is 30.2 Å². The number of carbonyl (C=O) groups excluding carboxylic acids is 1. The summed E-state index contributed by atoms with van der Waals surface area (Å²) in [4.78, 5) is 15.5. The zero-order valence-electron chi connectivity index (χ0n) is 11.8. The Balaban J connectivity index is 1.97. The first-order valence-electron chi connectivity index (χ1n) is 6.50. The summed E-state index contributed by atoms with van der Waals surface area (Å²) in [6, 6.07) is 4.51. The van der Waals surface area contributed by atoms with Crippen LogP contribution in [0.25, 0.3) is 0 Å². The summed E-state index contributed by atoms with van der Waals surface area (Å²) >= 11 is 0.959. The molecule has 10 heteroatoms. The molecule has 0 fully saturated rings. The van der Waals surface area contributed by atoms with Crippen LogP contribution in [0.1, 0.15) is 22.4 Å².